The summed E-state index contributed by atoms with van der Waals surface area (Å²) in [7, 11) is 2.17. The van der Waals surface area contributed by atoms with Crippen molar-refractivity contribution in [2.45, 2.75) is 19.4 Å². The fourth-order valence-electron chi connectivity index (χ4n) is 2.73. The van der Waals surface area contributed by atoms with E-state index in [1.807, 2.05) is 0 Å². The summed E-state index contributed by atoms with van der Waals surface area (Å²) in [6.07, 6.45) is 1.19. The zero-order valence-electron chi connectivity index (χ0n) is 10.2. The van der Waals surface area contributed by atoms with Gasteiger partial charge in [-0.05, 0) is 56.9 Å². The molecule has 1 aliphatic rings. The van der Waals surface area contributed by atoms with E-state index in [2.05, 4.69) is 46.6 Å². The Kier molecular flexibility index (Phi) is 2.56. The zero-order valence-corrected chi connectivity index (χ0v) is 11.0. The van der Waals surface area contributed by atoms with Crippen LogP contribution in [0.4, 0.5) is 0 Å². The second-order valence-corrected chi connectivity index (χ2v) is 5.41. The molecule has 0 amide bonds. The predicted octanol–water partition coefficient (Wildman–Crippen LogP) is 2.88. The van der Waals surface area contributed by atoms with E-state index in [1.54, 1.807) is 0 Å². The van der Waals surface area contributed by atoms with Crippen molar-refractivity contribution in [1.29, 1.82) is 0 Å². The molecule has 2 aromatic rings. The van der Waals surface area contributed by atoms with E-state index < -0.39 is 0 Å². The summed E-state index contributed by atoms with van der Waals surface area (Å²) < 4.78 is 3.14. The van der Waals surface area contributed by atoms with Gasteiger partial charge in [0.05, 0.1) is 17.1 Å². The molecule has 0 radical (unpaired) electrons. The maximum absolute atomic E-state index is 5.46. The second-order valence-electron chi connectivity index (χ2n) is 5.03. The number of nitrogens with one attached hydrogen (secondary N) is 1. The molecule has 1 aromatic carbocycles. The minimum atomic E-state index is 0.518. The first-order valence-electron chi connectivity index (χ1n) is 6.04. The Hall–Kier alpha value is -1.13. The number of hydrogen-bond donors (Lipinski definition) is 1. The van der Waals surface area contributed by atoms with Crippen molar-refractivity contribution in [3.8, 4) is 0 Å². The van der Waals surface area contributed by atoms with Gasteiger partial charge in [0.2, 0.25) is 0 Å². The highest BCUT2D eigenvalue weighted by Gasteiger charge is 2.23. The first kappa shape index (κ1) is 11.0. The summed E-state index contributed by atoms with van der Waals surface area (Å²) in [5, 5.41) is 0. The smallest absolute Gasteiger partial charge is 0.178 e. The molecule has 1 N–H and O–H groups in total. The molecule has 0 spiro atoms. The topological polar surface area (TPSA) is 24.0 Å². The number of likely N-dealkylation sites (N-methyl/N-ethyl adjacent to an activating group) is 1. The van der Waals surface area contributed by atoms with Crippen LogP contribution >= 0.6 is 12.2 Å². The van der Waals surface area contributed by atoms with Crippen molar-refractivity contribution in [1.82, 2.24) is 14.5 Å². The molecule has 0 bridgehead atoms. The first-order chi connectivity index (χ1) is 8.15. The van der Waals surface area contributed by atoms with Crippen LogP contribution in [0.1, 0.15) is 18.0 Å². The summed E-state index contributed by atoms with van der Waals surface area (Å²) >= 11 is 5.46. The normalized spacial score (nSPS) is 21.4. The van der Waals surface area contributed by atoms with E-state index in [4.69, 9.17) is 12.2 Å². The van der Waals surface area contributed by atoms with Crippen LogP contribution in [-0.4, -0.2) is 34.6 Å². The lowest BCUT2D eigenvalue weighted by Crippen LogP contribution is -2.16. The van der Waals surface area contributed by atoms with Gasteiger partial charge >= 0.3 is 0 Å². The Morgan fingerprint density at radius 2 is 2.24 bits per heavy atom. The summed E-state index contributed by atoms with van der Waals surface area (Å²) in [5.41, 5.74) is 3.66. The zero-order chi connectivity index (χ0) is 12.0. The number of rotatable bonds is 1. The van der Waals surface area contributed by atoms with E-state index in [9.17, 15) is 0 Å². The number of benzene rings is 1. The van der Waals surface area contributed by atoms with Crippen molar-refractivity contribution in [3.63, 3.8) is 0 Å². The van der Waals surface area contributed by atoms with E-state index in [-0.39, 0.29) is 0 Å². The Balaban J connectivity index is 2.15. The van der Waals surface area contributed by atoms with Crippen LogP contribution in [0.5, 0.6) is 0 Å². The molecule has 1 aromatic heterocycles. The van der Waals surface area contributed by atoms with Crippen LogP contribution in [0.15, 0.2) is 18.2 Å². The average molecular weight is 247 g/mol. The largest absolute Gasteiger partial charge is 0.331 e. The third kappa shape index (κ3) is 1.81. The fourth-order valence-corrected chi connectivity index (χ4v) is 3.09. The van der Waals surface area contributed by atoms with Gasteiger partial charge in [0.25, 0.3) is 0 Å². The van der Waals surface area contributed by atoms with Gasteiger partial charge in [-0.2, -0.15) is 0 Å². The van der Waals surface area contributed by atoms with Crippen LogP contribution in [0, 0.1) is 11.7 Å². The van der Waals surface area contributed by atoms with E-state index >= 15 is 0 Å². The van der Waals surface area contributed by atoms with Gasteiger partial charge in [-0.3, -0.25) is 0 Å². The molecule has 1 aliphatic heterocycles. The van der Waals surface area contributed by atoms with Crippen LogP contribution in [0.25, 0.3) is 11.0 Å². The van der Waals surface area contributed by atoms with Gasteiger partial charge in [0.1, 0.15) is 0 Å². The monoisotopic (exact) mass is 247 g/mol. The van der Waals surface area contributed by atoms with E-state index in [0.29, 0.717) is 6.04 Å². The highest BCUT2D eigenvalue weighted by atomic mass is 32.1. The highest BCUT2D eigenvalue weighted by Crippen LogP contribution is 2.26. The number of nitrogens with zero attached hydrogens (tertiary/aromatic N) is 2. The maximum Gasteiger partial charge on any atom is 0.178 e. The molecule has 1 unspecified atom stereocenters. The average Bonchev–Trinajstić information content (AvgIpc) is 2.80. The number of aryl methyl sites for hydroxylation is 1. The van der Waals surface area contributed by atoms with Gasteiger partial charge in [-0.25, -0.2) is 0 Å². The molecule has 1 fully saturated rings. The second kappa shape index (κ2) is 3.96. The summed E-state index contributed by atoms with van der Waals surface area (Å²) in [5.74, 6) is 0. The molecular formula is C13H17N3S. The van der Waals surface area contributed by atoms with Gasteiger partial charge < -0.3 is 14.5 Å². The lowest BCUT2D eigenvalue weighted by molar-refractivity contribution is 0.394. The Bertz CT molecular complexity index is 611. The van der Waals surface area contributed by atoms with Crippen LogP contribution in [0.3, 0.4) is 0 Å². The first-order valence-corrected chi connectivity index (χ1v) is 6.45. The molecule has 17 heavy (non-hydrogen) atoms. The molecular weight excluding hydrogens is 230 g/mol. The Labute approximate surface area is 106 Å². The van der Waals surface area contributed by atoms with Gasteiger partial charge in [-0.1, -0.05) is 6.07 Å². The number of H-pyrrole nitrogens is 1. The number of hydrogen-bond acceptors (Lipinski definition) is 2. The summed E-state index contributed by atoms with van der Waals surface area (Å²) in [6, 6.07) is 7.01. The quantitative estimate of drug-likeness (QED) is 0.783. The van der Waals surface area contributed by atoms with Crippen molar-refractivity contribution in [3.05, 3.63) is 28.5 Å². The van der Waals surface area contributed by atoms with Crippen molar-refractivity contribution in [2.24, 2.45) is 0 Å². The molecule has 0 saturated carbocycles. The molecule has 3 rings (SSSR count). The predicted molar refractivity (Wildman–Crippen MR) is 73.0 cm³/mol. The number of aromatic nitrogens is 2. The summed E-state index contributed by atoms with van der Waals surface area (Å²) in [4.78, 5) is 5.68. The van der Waals surface area contributed by atoms with Gasteiger partial charge in [0.15, 0.2) is 4.77 Å². The van der Waals surface area contributed by atoms with Gasteiger partial charge in [0, 0.05) is 6.54 Å². The third-order valence-corrected chi connectivity index (χ3v) is 3.90. The Morgan fingerprint density at radius 3 is 2.94 bits per heavy atom. The SMILES string of the molecule is Cc1ccc2c(c1)[nH]c(=S)n2C1CCN(C)C1. The fraction of sp³-hybridized carbons (Fsp3) is 0.462. The van der Waals surface area contributed by atoms with Crippen LogP contribution in [0.2, 0.25) is 0 Å². The molecule has 2 heterocycles. The van der Waals surface area contributed by atoms with Crippen molar-refractivity contribution >= 4 is 23.3 Å². The standard InChI is InChI=1S/C13H17N3S/c1-9-3-4-12-11(7-9)14-13(17)16(12)10-5-6-15(2)8-10/h3-4,7,10H,5-6,8H2,1-2H3,(H,14,17). The molecule has 1 atom stereocenters. The number of aromatic amines is 1. The molecule has 4 heteroatoms. The molecule has 3 nitrogen and oxygen atoms in total. The Morgan fingerprint density at radius 1 is 1.41 bits per heavy atom. The summed E-state index contributed by atoms with van der Waals surface area (Å²) in [6.45, 7) is 4.36. The number of likely N-dealkylation sites (tertiary alicyclic amines) is 1. The lowest BCUT2D eigenvalue weighted by atomic mass is 10.2. The minimum absolute atomic E-state index is 0.518. The lowest BCUT2D eigenvalue weighted by Gasteiger charge is -2.13. The third-order valence-electron chi connectivity index (χ3n) is 3.60. The maximum atomic E-state index is 5.46. The molecule has 0 aliphatic carbocycles. The number of imidazole rings is 1. The van der Waals surface area contributed by atoms with Crippen molar-refractivity contribution in [2.75, 3.05) is 20.1 Å². The van der Waals surface area contributed by atoms with Crippen LogP contribution in [-0.2, 0) is 0 Å². The van der Waals surface area contributed by atoms with E-state index in [1.165, 1.54) is 17.5 Å². The molecule has 90 valence electrons. The minimum Gasteiger partial charge on any atom is -0.331 e. The van der Waals surface area contributed by atoms with Gasteiger partial charge in [-0.15, -0.1) is 0 Å². The van der Waals surface area contributed by atoms with E-state index in [0.717, 1.165) is 23.4 Å². The molecule has 1 saturated heterocycles. The number of fused-ring (bicyclic) bond motifs is 1. The van der Waals surface area contributed by atoms with Crippen LogP contribution < -0.4 is 0 Å². The van der Waals surface area contributed by atoms with Crippen molar-refractivity contribution < 1.29 is 0 Å². The highest BCUT2D eigenvalue weighted by molar-refractivity contribution is 7.71.